The predicted molar refractivity (Wildman–Crippen MR) is 101 cm³/mol. The lowest BCUT2D eigenvalue weighted by Gasteiger charge is -2.06. The number of hydrazone groups is 1. The van der Waals surface area contributed by atoms with Crippen LogP contribution in [-0.4, -0.2) is 18.7 Å². The fourth-order valence-corrected chi connectivity index (χ4v) is 2.18. The summed E-state index contributed by atoms with van der Waals surface area (Å²) < 4.78 is 5.31. The lowest BCUT2D eigenvalue weighted by molar-refractivity contribution is -0.123. The normalized spacial score (nSPS) is 11.5. The van der Waals surface area contributed by atoms with Crippen molar-refractivity contribution in [2.45, 2.75) is 33.6 Å². The summed E-state index contributed by atoms with van der Waals surface area (Å²) >= 11 is 11.7. The number of benzene rings is 1. The molecule has 0 aliphatic heterocycles. The van der Waals surface area contributed by atoms with E-state index in [1.807, 2.05) is 13.0 Å². The number of rotatable bonds is 8. The van der Waals surface area contributed by atoms with Gasteiger partial charge in [-0.05, 0) is 57.9 Å². The maximum atomic E-state index is 11.6. The highest BCUT2D eigenvalue weighted by Crippen LogP contribution is 2.27. The quantitative estimate of drug-likeness (QED) is 0.391. The first kappa shape index (κ1) is 20.3. The summed E-state index contributed by atoms with van der Waals surface area (Å²) in [5.74, 6) is 0.0306. The highest BCUT2D eigenvalue weighted by Gasteiger charge is 2.05. The van der Waals surface area contributed by atoms with Crippen LogP contribution < -0.4 is 10.2 Å². The molecule has 1 aromatic carbocycles. The molecular weight excluding hydrogens is 347 g/mol. The van der Waals surface area contributed by atoms with Crippen LogP contribution in [0.25, 0.3) is 0 Å². The summed E-state index contributed by atoms with van der Waals surface area (Å²) in [6.07, 6.45) is 7.58. The maximum Gasteiger partial charge on any atom is 0.277 e. The van der Waals surface area contributed by atoms with E-state index in [4.69, 9.17) is 27.9 Å². The van der Waals surface area contributed by atoms with Crippen molar-refractivity contribution in [3.05, 3.63) is 51.5 Å². The van der Waals surface area contributed by atoms with E-state index in [0.717, 1.165) is 12.8 Å². The number of nitrogens with one attached hydrogen (secondary N) is 1. The van der Waals surface area contributed by atoms with E-state index in [-0.39, 0.29) is 12.5 Å². The maximum absolute atomic E-state index is 11.6. The lowest BCUT2D eigenvalue weighted by Crippen LogP contribution is -2.24. The van der Waals surface area contributed by atoms with Crippen molar-refractivity contribution < 1.29 is 9.53 Å². The number of carbonyl (C=O) groups is 1. The van der Waals surface area contributed by atoms with Crippen molar-refractivity contribution in [1.82, 2.24) is 5.43 Å². The molecule has 0 bridgehead atoms. The zero-order valence-corrected chi connectivity index (χ0v) is 15.6. The molecule has 0 aliphatic rings. The molecule has 130 valence electrons. The van der Waals surface area contributed by atoms with Crippen LogP contribution in [0.1, 0.15) is 33.6 Å². The van der Waals surface area contributed by atoms with E-state index in [9.17, 15) is 4.79 Å². The van der Waals surface area contributed by atoms with Crippen LogP contribution in [0.15, 0.2) is 46.6 Å². The molecule has 4 nitrogen and oxygen atoms in total. The zero-order valence-electron chi connectivity index (χ0n) is 14.1. The van der Waals surface area contributed by atoms with Crippen LogP contribution in [0.2, 0.25) is 10.0 Å². The number of carbonyl (C=O) groups excluding carboxylic acids is 1. The molecular formula is C18H22Cl2N2O2. The second-order valence-corrected chi connectivity index (χ2v) is 6.35. The minimum Gasteiger partial charge on any atom is -0.482 e. The molecule has 0 radical (unpaired) electrons. The second-order valence-electron chi connectivity index (χ2n) is 5.51. The fourth-order valence-electron chi connectivity index (χ4n) is 1.71. The van der Waals surface area contributed by atoms with Crippen LogP contribution >= 0.6 is 23.2 Å². The van der Waals surface area contributed by atoms with E-state index in [2.05, 4.69) is 30.5 Å². The molecule has 1 rings (SSSR count). The SMILES string of the molecule is CC(C)=CCC/C(C)=C/C=NNC(=O)COc1ccc(Cl)cc1Cl. The molecule has 6 heteroatoms. The average molecular weight is 369 g/mol. The molecule has 0 saturated carbocycles. The fraction of sp³-hybridized carbons (Fsp3) is 0.333. The Morgan fingerprint density at radius 1 is 1.29 bits per heavy atom. The third-order valence-corrected chi connectivity index (χ3v) is 3.50. The van der Waals surface area contributed by atoms with Crippen LogP contribution in [-0.2, 0) is 4.79 Å². The molecule has 0 fully saturated rings. The molecule has 0 heterocycles. The van der Waals surface area contributed by atoms with Crippen molar-refractivity contribution in [2.75, 3.05) is 6.61 Å². The Balaban J connectivity index is 2.33. The molecule has 1 amide bonds. The molecule has 0 spiro atoms. The van der Waals surface area contributed by atoms with Gasteiger partial charge in [0.05, 0.1) is 5.02 Å². The van der Waals surface area contributed by atoms with Gasteiger partial charge in [0.2, 0.25) is 0 Å². The van der Waals surface area contributed by atoms with Crippen molar-refractivity contribution in [3.8, 4) is 5.75 Å². The number of allylic oxidation sites excluding steroid dienone is 4. The average Bonchev–Trinajstić information content (AvgIpc) is 2.50. The number of nitrogens with zero attached hydrogens (tertiary/aromatic N) is 1. The van der Waals surface area contributed by atoms with Crippen LogP contribution in [0.5, 0.6) is 5.75 Å². The van der Waals surface area contributed by atoms with Gasteiger partial charge in [0, 0.05) is 11.2 Å². The summed E-state index contributed by atoms with van der Waals surface area (Å²) in [5, 5.41) is 4.72. The summed E-state index contributed by atoms with van der Waals surface area (Å²) in [7, 11) is 0. The van der Waals surface area contributed by atoms with E-state index in [1.165, 1.54) is 11.1 Å². The lowest BCUT2D eigenvalue weighted by atomic mass is 10.1. The Morgan fingerprint density at radius 2 is 2.04 bits per heavy atom. The van der Waals surface area contributed by atoms with Gasteiger partial charge in [-0.1, -0.05) is 40.4 Å². The number of hydrogen-bond acceptors (Lipinski definition) is 3. The van der Waals surface area contributed by atoms with Gasteiger partial charge in [0.1, 0.15) is 5.75 Å². The molecule has 1 aromatic rings. The van der Waals surface area contributed by atoms with Gasteiger partial charge >= 0.3 is 0 Å². The molecule has 1 N–H and O–H groups in total. The summed E-state index contributed by atoms with van der Waals surface area (Å²) in [6.45, 7) is 6.00. The van der Waals surface area contributed by atoms with Crippen molar-refractivity contribution in [2.24, 2.45) is 5.10 Å². The van der Waals surface area contributed by atoms with E-state index in [1.54, 1.807) is 24.4 Å². The van der Waals surface area contributed by atoms with Crippen LogP contribution in [0, 0.1) is 0 Å². The van der Waals surface area contributed by atoms with Crippen molar-refractivity contribution in [1.29, 1.82) is 0 Å². The molecule has 0 atom stereocenters. The standard InChI is InChI=1S/C18H22Cl2N2O2/c1-13(2)5-4-6-14(3)9-10-21-22-18(23)12-24-17-8-7-15(19)11-16(17)20/h5,7-11H,4,6,12H2,1-3H3,(H,22,23)/b14-9+,21-10?. The number of halogens is 2. The third kappa shape index (κ3) is 8.75. The summed E-state index contributed by atoms with van der Waals surface area (Å²) in [6, 6.07) is 4.80. The Labute approximate surface area is 153 Å². The summed E-state index contributed by atoms with van der Waals surface area (Å²) in [4.78, 5) is 11.6. The molecule has 0 saturated heterocycles. The summed E-state index contributed by atoms with van der Waals surface area (Å²) in [5.41, 5.74) is 4.89. The highest BCUT2D eigenvalue weighted by molar-refractivity contribution is 6.35. The third-order valence-electron chi connectivity index (χ3n) is 2.97. The minimum absolute atomic E-state index is 0.179. The molecule has 0 unspecified atom stereocenters. The first-order valence-corrected chi connectivity index (χ1v) is 8.33. The Kier molecular flexibility index (Phi) is 9.20. The molecule has 0 aliphatic carbocycles. The minimum atomic E-state index is -0.368. The van der Waals surface area contributed by atoms with Gasteiger partial charge in [-0.25, -0.2) is 5.43 Å². The Morgan fingerprint density at radius 3 is 2.71 bits per heavy atom. The van der Waals surface area contributed by atoms with Crippen LogP contribution in [0.3, 0.4) is 0 Å². The van der Waals surface area contributed by atoms with Gasteiger partial charge in [0.25, 0.3) is 5.91 Å². The number of ether oxygens (including phenoxy) is 1. The first-order chi connectivity index (χ1) is 11.4. The van der Waals surface area contributed by atoms with Gasteiger partial charge < -0.3 is 4.74 Å². The molecule has 24 heavy (non-hydrogen) atoms. The zero-order chi connectivity index (χ0) is 17.9. The van der Waals surface area contributed by atoms with E-state index in [0.29, 0.717) is 15.8 Å². The van der Waals surface area contributed by atoms with Crippen LogP contribution in [0.4, 0.5) is 0 Å². The Hall–Kier alpha value is -1.78. The van der Waals surface area contributed by atoms with Crippen molar-refractivity contribution >= 4 is 35.3 Å². The first-order valence-electron chi connectivity index (χ1n) is 7.57. The number of amides is 1. The van der Waals surface area contributed by atoms with Gasteiger partial charge in [-0.15, -0.1) is 0 Å². The van der Waals surface area contributed by atoms with E-state index < -0.39 is 0 Å². The topological polar surface area (TPSA) is 50.7 Å². The second kappa shape index (κ2) is 10.9. The monoisotopic (exact) mass is 368 g/mol. The number of hydrogen-bond donors (Lipinski definition) is 1. The van der Waals surface area contributed by atoms with Crippen molar-refractivity contribution in [3.63, 3.8) is 0 Å². The van der Waals surface area contributed by atoms with E-state index >= 15 is 0 Å². The largest absolute Gasteiger partial charge is 0.482 e. The highest BCUT2D eigenvalue weighted by atomic mass is 35.5. The van der Waals surface area contributed by atoms with Gasteiger partial charge in [-0.2, -0.15) is 5.10 Å². The predicted octanol–water partition coefficient (Wildman–Crippen LogP) is 5.17. The Bertz CT molecular complexity index is 648. The molecule has 0 aromatic heterocycles. The van der Waals surface area contributed by atoms with Gasteiger partial charge in [-0.3, -0.25) is 4.79 Å². The van der Waals surface area contributed by atoms with Gasteiger partial charge in [0.15, 0.2) is 6.61 Å². The smallest absolute Gasteiger partial charge is 0.277 e.